The summed E-state index contributed by atoms with van der Waals surface area (Å²) in [5, 5.41) is 8.91. The molecule has 2 aromatic carbocycles. The number of benzene rings is 2. The molecule has 4 heteroatoms. The van der Waals surface area contributed by atoms with Crippen molar-refractivity contribution in [1.29, 1.82) is 0 Å². The van der Waals surface area contributed by atoms with E-state index in [0.29, 0.717) is 13.2 Å². The van der Waals surface area contributed by atoms with E-state index < -0.39 is 0 Å². The molecule has 0 heterocycles. The molecule has 0 unspecified atom stereocenters. The zero-order chi connectivity index (χ0) is 16.0. The smallest absolute Gasteiger partial charge is 0.191 e. The van der Waals surface area contributed by atoms with Crippen LogP contribution in [-0.4, -0.2) is 31.7 Å². The minimum absolute atomic E-state index is 0.0155. The molecule has 0 amide bonds. The Hall–Kier alpha value is -2.23. The van der Waals surface area contributed by atoms with Gasteiger partial charge in [0.15, 0.2) is 5.96 Å². The van der Waals surface area contributed by atoms with Gasteiger partial charge in [-0.2, -0.15) is 0 Å². The Morgan fingerprint density at radius 2 is 1.82 bits per heavy atom. The first-order chi connectivity index (χ1) is 10.5. The Kier molecular flexibility index (Phi) is 5.26. The van der Waals surface area contributed by atoms with Gasteiger partial charge in [0.1, 0.15) is 12.4 Å². The van der Waals surface area contributed by atoms with E-state index in [1.54, 1.807) is 7.05 Å². The molecule has 0 saturated heterocycles. The van der Waals surface area contributed by atoms with Crippen LogP contribution in [0.15, 0.2) is 47.5 Å². The summed E-state index contributed by atoms with van der Waals surface area (Å²) in [6.45, 7) is 7.59. The van der Waals surface area contributed by atoms with Gasteiger partial charge >= 0.3 is 0 Å². The molecule has 2 aromatic rings. The van der Waals surface area contributed by atoms with Gasteiger partial charge in [0, 0.05) is 18.0 Å². The molecule has 0 radical (unpaired) electrons. The number of ether oxygens (including phenoxy) is 1. The van der Waals surface area contributed by atoms with Gasteiger partial charge in [0.05, 0.1) is 6.54 Å². The molecule has 0 aliphatic heterocycles. The fraction of sp³-hybridized carbons (Fsp3) is 0.389. The second-order valence-corrected chi connectivity index (χ2v) is 6.20. The quantitative estimate of drug-likeness (QED) is 0.518. The number of aliphatic imine (C=N–C) groups is 1. The van der Waals surface area contributed by atoms with Crippen LogP contribution in [-0.2, 0) is 0 Å². The van der Waals surface area contributed by atoms with E-state index >= 15 is 0 Å². The molecular weight excluding hydrogens is 274 g/mol. The predicted octanol–water partition coefficient (Wildman–Crippen LogP) is 3.18. The lowest BCUT2D eigenvalue weighted by molar-refractivity contribution is 0.325. The maximum Gasteiger partial charge on any atom is 0.191 e. The van der Waals surface area contributed by atoms with Gasteiger partial charge in [0.25, 0.3) is 0 Å². The Morgan fingerprint density at radius 3 is 2.55 bits per heavy atom. The zero-order valence-corrected chi connectivity index (χ0v) is 13.8. The molecule has 22 heavy (non-hydrogen) atoms. The number of fused-ring (bicyclic) bond motifs is 1. The van der Waals surface area contributed by atoms with E-state index in [1.807, 2.05) is 24.3 Å². The first kappa shape index (κ1) is 16.1. The van der Waals surface area contributed by atoms with Crippen LogP contribution in [0.3, 0.4) is 0 Å². The van der Waals surface area contributed by atoms with Crippen molar-refractivity contribution in [3.63, 3.8) is 0 Å². The van der Waals surface area contributed by atoms with Gasteiger partial charge in [-0.05, 0) is 32.2 Å². The molecule has 0 spiro atoms. The molecule has 0 aromatic heterocycles. The highest BCUT2D eigenvalue weighted by Gasteiger charge is 2.11. The Balaban J connectivity index is 1.88. The van der Waals surface area contributed by atoms with Crippen molar-refractivity contribution < 1.29 is 4.74 Å². The molecule has 4 nitrogen and oxygen atoms in total. The van der Waals surface area contributed by atoms with E-state index in [9.17, 15) is 0 Å². The number of nitrogens with one attached hydrogen (secondary N) is 2. The van der Waals surface area contributed by atoms with Gasteiger partial charge < -0.3 is 15.4 Å². The van der Waals surface area contributed by atoms with Crippen molar-refractivity contribution in [2.75, 3.05) is 20.2 Å². The number of hydrogen-bond acceptors (Lipinski definition) is 2. The summed E-state index contributed by atoms with van der Waals surface area (Å²) in [4.78, 5) is 4.21. The summed E-state index contributed by atoms with van der Waals surface area (Å²) in [5.74, 6) is 1.70. The largest absolute Gasteiger partial charge is 0.491 e. The van der Waals surface area contributed by atoms with Crippen LogP contribution in [0.2, 0.25) is 0 Å². The minimum atomic E-state index is -0.0155. The van der Waals surface area contributed by atoms with E-state index in [2.05, 4.69) is 54.6 Å². The molecule has 0 bridgehead atoms. The van der Waals surface area contributed by atoms with Crippen LogP contribution in [0, 0.1) is 0 Å². The third-order valence-corrected chi connectivity index (χ3v) is 3.12. The van der Waals surface area contributed by atoms with Gasteiger partial charge in [-0.15, -0.1) is 0 Å². The maximum atomic E-state index is 5.90. The third kappa shape index (κ3) is 4.65. The molecule has 2 rings (SSSR count). The minimum Gasteiger partial charge on any atom is -0.491 e. The normalized spacial score (nSPS) is 12.3. The molecular formula is C18H25N3O. The number of hydrogen-bond donors (Lipinski definition) is 2. The first-order valence-corrected chi connectivity index (χ1v) is 7.59. The first-order valence-electron chi connectivity index (χ1n) is 7.59. The van der Waals surface area contributed by atoms with Crippen molar-refractivity contribution in [2.24, 2.45) is 4.99 Å². The number of rotatable bonds is 4. The summed E-state index contributed by atoms with van der Waals surface area (Å²) in [6.07, 6.45) is 0. The predicted molar refractivity (Wildman–Crippen MR) is 93.7 cm³/mol. The molecule has 0 atom stereocenters. The lowest BCUT2D eigenvalue weighted by Crippen LogP contribution is -2.48. The second kappa shape index (κ2) is 7.16. The second-order valence-electron chi connectivity index (χ2n) is 6.20. The maximum absolute atomic E-state index is 5.90. The lowest BCUT2D eigenvalue weighted by Gasteiger charge is -2.23. The average Bonchev–Trinajstić information content (AvgIpc) is 2.49. The van der Waals surface area contributed by atoms with Gasteiger partial charge in [0.2, 0.25) is 0 Å². The van der Waals surface area contributed by atoms with Gasteiger partial charge in [-0.3, -0.25) is 4.99 Å². The fourth-order valence-corrected chi connectivity index (χ4v) is 2.19. The SMILES string of the molecule is CN=C(NCCOc1cccc2ccccc12)NC(C)(C)C. The summed E-state index contributed by atoms with van der Waals surface area (Å²) in [7, 11) is 1.77. The number of nitrogens with zero attached hydrogens (tertiary/aromatic N) is 1. The van der Waals surface area contributed by atoms with Crippen LogP contribution in [0.1, 0.15) is 20.8 Å². The summed E-state index contributed by atoms with van der Waals surface area (Å²) < 4.78 is 5.90. The van der Waals surface area contributed by atoms with Crippen LogP contribution in [0.25, 0.3) is 10.8 Å². The van der Waals surface area contributed by atoms with Crippen molar-refractivity contribution in [3.05, 3.63) is 42.5 Å². The van der Waals surface area contributed by atoms with Gasteiger partial charge in [-0.1, -0.05) is 36.4 Å². The average molecular weight is 299 g/mol. The topological polar surface area (TPSA) is 45.7 Å². The fourth-order valence-electron chi connectivity index (χ4n) is 2.19. The van der Waals surface area contributed by atoms with Crippen molar-refractivity contribution >= 4 is 16.7 Å². The molecule has 0 fully saturated rings. The van der Waals surface area contributed by atoms with Crippen LogP contribution in [0.4, 0.5) is 0 Å². The van der Waals surface area contributed by atoms with E-state index in [-0.39, 0.29) is 5.54 Å². The molecule has 0 aliphatic rings. The van der Waals surface area contributed by atoms with Crippen LogP contribution < -0.4 is 15.4 Å². The summed E-state index contributed by atoms with van der Waals surface area (Å²) in [5.41, 5.74) is -0.0155. The highest BCUT2D eigenvalue weighted by molar-refractivity contribution is 5.88. The highest BCUT2D eigenvalue weighted by atomic mass is 16.5. The molecule has 0 aliphatic carbocycles. The van der Waals surface area contributed by atoms with E-state index in [1.165, 1.54) is 5.39 Å². The Morgan fingerprint density at radius 1 is 1.09 bits per heavy atom. The van der Waals surface area contributed by atoms with Crippen molar-refractivity contribution in [2.45, 2.75) is 26.3 Å². The van der Waals surface area contributed by atoms with E-state index in [0.717, 1.165) is 17.1 Å². The zero-order valence-electron chi connectivity index (χ0n) is 13.8. The van der Waals surface area contributed by atoms with E-state index in [4.69, 9.17) is 4.74 Å². The van der Waals surface area contributed by atoms with Gasteiger partial charge in [-0.25, -0.2) is 0 Å². The van der Waals surface area contributed by atoms with Crippen molar-refractivity contribution in [3.8, 4) is 5.75 Å². The van der Waals surface area contributed by atoms with Crippen molar-refractivity contribution in [1.82, 2.24) is 10.6 Å². The highest BCUT2D eigenvalue weighted by Crippen LogP contribution is 2.24. The summed E-state index contributed by atoms with van der Waals surface area (Å²) in [6, 6.07) is 14.4. The monoisotopic (exact) mass is 299 g/mol. The van der Waals surface area contributed by atoms with Crippen LogP contribution >= 0.6 is 0 Å². The Labute approximate surface area is 132 Å². The Bertz CT molecular complexity index is 639. The lowest BCUT2D eigenvalue weighted by atomic mass is 10.1. The summed E-state index contributed by atoms with van der Waals surface area (Å²) >= 11 is 0. The molecule has 0 saturated carbocycles. The molecule has 118 valence electrons. The molecule has 2 N–H and O–H groups in total. The third-order valence-electron chi connectivity index (χ3n) is 3.12. The van der Waals surface area contributed by atoms with Crippen LogP contribution in [0.5, 0.6) is 5.75 Å². The standard InChI is InChI=1S/C18H25N3O/c1-18(2,3)21-17(19-4)20-12-13-22-16-11-7-9-14-8-5-6-10-15(14)16/h5-11H,12-13H2,1-4H3,(H2,19,20,21). The number of guanidine groups is 1.